The molecule has 128 heavy (non-hydrogen) atoms. The number of aromatic amines is 5. The lowest BCUT2D eigenvalue weighted by Gasteiger charge is -2.15. The topological polar surface area (TPSA) is 479 Å². The molecule has 17 rings (SSSR count). The molecule has 5 aromatic heterocycles. The highest BCUT2D eigenvalue weighted by atomic mass is 19.1. The monoisotopic (exact) mass is 1720 g/mol. The van der Waals surface area contributed by atoms with Gasteiger partial charge in [0.1, 0.15) is 29.8 Å². The number of hydrogen-bond donors (Lipinski definition) is 15. The Morgan fingerprint density at radius 3 is 0.953 bits per heavy atom. The average molecular weight is 1730 g/mol. The Bertz CT molecular complexity index is 7600. The Kier molecular flexibility index (Phi) is 27.4. The van der Waals surface area contributed by atoms with Crippen molar-refractivity contribution in [2.24, 2.45) is 0 Å². The van der Waals surface area contributed by atoms with Gasteiger partial charge in [-0.05, 0) is 179 Å². The zero-order chi connectivity index (χ0) is 91.1. The number of carboxylic acids is 4. The molecule has 0 fully saturated rings. The molecule has 4 atom stereocenters. The number of fused-ring (bicyclic) bond motifs is 15. The molecule has 0 bridgehead atoms. The molecule has 2 unspecified atom stereocenters. The summed E-state index contributed by atoms with van der Waals surface area (Å²) in [4.78, 5) is 181. The van der Waals surface area contributed by atoms with E-state index in [4.69, 9.17) is 15.3 Å². The van der Waals surface area contributed by atoms with E-state index in [-0.39, 0.29) is 56.8 Å². The number of aliphatic carboxylic acids is 4. The van der Waals surface area contributed by atoms with Crippen molar-refractivity contribution in [3.05, 3.63) is 358 Å². The van der Waals surface area contributed by atoms with Crippen LogP contribution >= 0.6 is 0 Å². The van der Waals surface area contributed by atoms with Crippen molar-refractivity contribution in [2.75, 3.05) is 11.9 Å². The average Bonchev–Trinajstić information content (AvgIpc) is 0.798. The molecule has 0 aliphatic rings. The van der Waals surface area contributed by atoms with Crippen LogP contribution in [-0.2, 0) is 25.6 Å². The number of aliphatic hydroxyl groups is 1. The number of pyridine rings is 5. The molecule has 0 aliphatic heterocycles. The van der Waals surface area contributed by atoms with Crippen LogP contribution in [0.2, 0.25) is 0 Å². The maximum Gasteiger partial charge on any atom is 0.328 e. The molecule has 644 valence electrons. The minimum atomic E-state index is -1.39. The summed E-state index contributed by atoms with van der Waals surface area (Å²) in [6, 6.07) is 67.1. The minimum Gasteiger partial charge on any atom is -0.480 e. The van der Waals surface area contributed by atoms with Gasteiger partial charge in [-0.25, -0.2) is 23.2 Å². The quantitative estimate of drug-likeness (QED) is 0.0315. The Morgan fingerprint density at radius 1 is 0.312 bits per heavy atom. The van der Waals surface area contributed by atoms with Gasteiger partial charge >= 0.3 is 23.9 Å². The Labute approximate surface area is 720 Å². The molecule has 15 N–H and O–H groups in total. The van der Waals surface area contributed by atoms with E-state index in [0.717, 1.165) is 60.3 Å². The van der Waals surface area contributed by atoms with E-state index in [1.54, 1.807) is 127 Å². The number of anilines is 1. The van der Waals surface area contributed by atoms with Crippen LogP contribution in [0.3, 0.4) is 0 Å². The Morgan fingerprint density at radius 2 is 0.617 bits per heavy atom. The van der Waals surface area contributed by atoms with Crippen molar-refractivity contribution in [3.63, 3.8) is 0 Å². The number of carboxylic acid groups (broad SMARTS) is 4. The van der Waals surface area contributed by atoms with Gasteiger partial charge in [-0.3, -0.25) is 52.7 Å². The minimum absolute atomic E-state index is 0.0103. The third-order valence-electron chi connectivity index (χ3n) is 21.0. The van der Waals surface area contributed by atoms with Crippen LogP contribution in [0, 0.1) is 11.6 Å². The predicted molar refractivity (Wildman–Crippen MR) is 483 cm³/mol. The molecule has 31 heteroatoms. The third kappa shape index (κ3) is 20.5. The molecular weight excluding hydrogens is 1650 g/mol. The summed E-state index contributed by atoms with van der Waals surface area (Å²) >= 11 is 0. The van der Waals surface area contributed by atoms with Crippen LogP contribution in [-0.4, -0.2) is 135 Å². The molecular formula is C97H78F2N10O19. The summed E-state index contributed by atoms with van der Waals surface area (Å²) < 4.78 is 26.0. The van der Waals surface area contributed by atoms with Gasteiger partial charge in [0.05, 0.1) is 6.61 Å². The van der Waals surface area contributed by atoms with Crippen LogP contribution in [0.4, 0.5) is 14.5 Å². The Hall–Kier alpha value is -17.0. The number of amides is 5. The molecule has 0 radical (unpaired) electrons. The number of H-pyrrole nitrogens is 5. The number of rotatable bonds is 20. The highest BCUT2D eigenvalue weighted by molar-refractivity contribution is 6.14. The number of nitrogens with one attached hydrogen (secondary N) is 10. The van der Waals surface area contributed by atoms with Crippen LogP contribution in [0.15, 0.2) is 285 Å². The van der Waals surface area contributed by atoms with Gasteiger partial charge in [0, 0.05) is 121 Å². The maximum atomic E-state index is 13.1. The lowest BCUT2D eigenvalue weighted by atomic mass is 10.0. The second kappa shape index (κ2) is 39.5. The second-order valence-electron chi connectivity index (χ2n) is 29.5. The number of hydrogen-bond acceptors (Lipinski definition) is 15. The van der Waals surface area contributed by atoms with Crippen LogP contribution in [0.25, 0.3) is 108 Å². The van der Waals surface area contributed by atoms with Gasteiger partial charge in [-0.15, -0.1) is 0 Å². The standard InChI is InChI=1S/C23H17FN2O4.C20H13FN2O2.C20H20N2O4.C17H14N2O5.C17H14N2O4/c24-15-8-5-13(6-9-15)11-20(23(29)30)26-21(27)14-7-10-17-16-3-1-2-4-18(16)22(28)25-19(17)12-14;21-13-7-5-12(6-8-13)19(24)22-14-9-10-18-17(11-14)15-3-1-2-4-16(15)20(25)23-18;1-2-3-8-16(20(25)26)21-18(23)12-9-10-14-13-6-4-5-7-15(13)19(24)22-17(14)11-12;20-8-14(17(23)24)19-15(21)9-5-6-11-10-3-1-2-4-12(10)16(22)18-13(11)7-9;1-9(17(22)23)18-15(20)10-6-7-12-11-4-2-3-5-13(11)16(21)19-14(12)8-10/h1-10,12,20H,11H2,(H,25,28)(H,26,27)(H,29,30);1-11H,(H,22,24)(H,23,25);4-7,9-11,16H,2-3,8H2,1H3,(H,21,23)(H,22,24)(H,25,26);1-7,14,20H,8H2,(H,18,22)(H,19,21)(H,23,24);2-9H,1H3,(H,18,20)(H,19,21)(H,22,23)/t20-;;;;9-/m0...0/s1. The SMILES string of the molecule is CCCCC(NC(=O)c1ccc2c(c1)[nH]c(=O)c1ccccc12)C(=O)O.C[C@H](NC(=O)c1ccc2c(c1)[nH]c(=O)c1ccccc12)C(=O)O.O=C(NC(CO)C(=O)O)c1ccc2c(c1)[nH]c(=O)c1ccccc12.O=C(N[C@@H](Cc1ccc(F)cc1)C(=O)O)c1ccc2c(c1)[nH]c(=O)c1ccccc12.O=C(Nc1ccc2[nH]c(=O)c3ccccc3c2c1)c1ccc(F)cc1. The summed E-state index contributed by atoms with van der Waals surface area (Å²) in [7, 11) is 0. The fourth-order valence-electron chi connectivity index (χ4n) is 14.4. The number of carbonyl (C=O) groups excluding carboxylic acids is 5. The zero-order valence-electron chi connectivity index (χ0n) is 67.9. The van der Waals surface area contributed by atoms with Gasteiger partial charge in [-0.2, -0.15) is 0 Å². The van der Waals surface area contributed by atoms with Crippen molar-refractivity contribution < 1.29 is 77.5 Å². The number of aliphatic hydroxyl groups excluding tert-OH is 1. The van der Waals surface area contributed by atoms with Crippen molar-refractivity contribution in [1.82, 2.24) is 46.2 Å². The van der Waals surface area contributed by atoms with Crippen molar-refractivity contribution >= 4 is 167 Å². The normalized spacial score (nSPS) is 11.9. The first-order valence-corrected chi connectivity index (χ1v) is 39.8. The van der Waals surface area contributed by atoms with Gasteiger partial charge in [0.25, 0.3) is 57.3 Å². The number of aromatic nitrogens is 5. The van der Waals surface area contributed by atoms with Gasteiger partial charge in [0.2, 0.25) is 0 Å². The molecule has 0 aliphatic carbocycles. The highest BCUT2D eigenvalue weighted by Crippen LogP contribution is 2.29. The summed E-state index contributed by atoms with van der Waals surface area (Å²) in [5.41, 5.74) is 4.14. The van der Waals surface area contributed by atoms with Gasteiger partial charge < -0.3 is 77.0 Å². The molecule has 0 saturated heterocycles. The van der Waals surface area contributed by atoms with Crippen LogP contribution in [0.5, 0.6) is 0 Å². The van der Waals surface area contributed by atoms with E-state index in [2.05, 4.69) is 51.5 Å². The Balaban J connectivity index is 0.000000137. The van der Waals surface area contributed by atoms with E-state index in [1.165, 1.54) is 67.6 Å². The highest BCUT2D eigenvalue weighted by Gasteiger charge is 2.26. The van der Waals surface area contributed by atoms with E-state index >= 15 is 0 Å². The molecule has 5 heterocycles. The number of halogens is 2. The van der Waals surface area contributed by atoms with E-state index in [9.17, 15) is 86.1 Å². The third-order valence-corrected chi connectivity index (χ3v) is 21.0. The molecule has 12 aromatic carbocycles. The van der Waals surface area contributed by atoms with Crippen molar-refractivity contribution in [3.8, 4) is 0 Å². The number of benzene rings is 12. The fourth-order valence-corrected chi connectivity index (χ4v) is 14.4. The smallest absolute Gasteiger partial charge is 0.328 e. The van der Waals surface area contributed by atoms with Crippen molar-refractivity contribution in [1.29, 1.82) is 0 Å². The van der Waals surface area contributed by atoms with Crippen molar-refractivity contribution in [2.45, 2.75) is 63.7 Å². The first kappa shape index (κ1) is 88.8. The summed E-state index contributed by atoms with van der Waals surface area (Å²) in [5.74, 6) is -8.03. The van der Waals surface area contributed by atoms with Crippen LogP contribution < -0.4 is 54.4 Å². The van der Waals surface area contributed by atoms with E-state index in [1.807, 2.05) is 79.7 Å². The molecule has 0 spiro atoms. The molecule has 5 amide bonds. The van der Waals surface area contributed by atoms with E-state index in [0.29, 0.717) is 89.7 Å². The zero-order valence-corrected chi connectivity index (χ0v) is 67.9. The van der Waals surface area contributed by atoms with E-state index < -0.39 is 89.9 Å². The fraction of sp³-hybridized carbons (Fsp3) is 0.113. The van der Waals surface area contributed by atoms with Gasteiger partial charge in [-0.1, -0.05) is 147 Å². The first-order chi connectivity index (χ1) is 61.5. The summed E-state index contributed by atoms with van der Waals surface area (Å²) in [6.45, 7) is 2.64. The predicted octanol–water partition coefficient (Wildman–Crippen LogP) is 13.1. The lowest BCUT2D eigenvalue weighted by Crippen LogP contribution is -2.43. The second-order valence-corrected chi connectivity index (χ2v) is 29.5. The summed E-state index contributed by atoms with van der Waals surface area (Å²) in [5, 5.41) is 68.7. The lowest BCUT2D eigenvalue weighted by molar-refractivity contribution is -0.140. The largest absolute Gasteiger partial charge is 0.480 e. The summed E-state index contributed by atoms with van der Waals surface area (Å²) in [6.07, 6.45) is 1.96. The van der Waals surface area contributed by atoms with Crippen LogP contribution in [0.1, 0.15) is 90.5 Å². The molecule has 17 aromatic rings. The number of unbranched alkanes of at least 4 members (excludes halogenated alkanes) is 1. The maximum absolute atomic E-state index is 13.1. The van der Waals surface area contributed by atoms with Gasteiger partial charge in [0.15, 0.2) is 6.04 Å². The first-order valence-electron chi connectivity index (χ1n) is 39.8. The number of carbonyl (C=O) groups is 9. The molecule has 0 saturated carbocycles. The molecule has 29 nitrogen and oxygen atoms in total.